The van der Waals surface area contributed by atoms with Gasteiger partial charge in [-0.3, -0.25) is 5.01 Å². The van der Waals surface area contributed by atoms with Gasteiger partial charge in [-0.1, -0.05) is 35.9 Å². The number of nitrogens with zero attached hydrogens (tertiary/aromatic N) is 2. The molecule has 0 radical (unpaired) electrons. The van der Waals surface area contributed by atoms with E-state index in [0.29, 0.717) is 17.0 Å². The lowest BCUT2D eigenvalue weighted by Gasteiger charge is -2.24. The molecule has 0 fully saturated rings. The molecule has 0 aliphatic heterocycles. The molecule has 2 amide bonds. The van der Waals surface area contributed by atoms with Crippen LogP contribution in [0.2, 0.25) is 0 Å². The van der Waals surface area contributed by atoms with Gasteiger partial charge in [0.05, 0.1) is 18.4 Å². The van der Waals surface area contributed by atoms with Crippen LogP contribution in [0.3, 0.4) is 0 Å². The molecule has 3 rings (SSSR count). The quantitative estimate of drug-likeness (QED) is 0.339. The number of ether oxygens (including phenoxy) is 2. The molecule has 0 saturated carbocycles. The third kappa shape index (κ3) is 4.85. The fourth-order valence-electron chi connectivity index (χ4n) is 3.66. The fraction of sp³-hybridized carbons (Fsp3) is 0.240. The highest BCUT2D eigenvalue weighted by molar-refractivity contribution is 5.91. The monoisotopic (exact) mass is 434 g/mol. The summed E-state index contributed by atoms with van der Waals surface area (Å²) in [7, 11) is 2.99. The molecule has 0 spiro atoms. The molecule has 7 nitrogen and oxygen atoms in total. The average Bonchev–Trinajstić information content (AvgIpc) is 2.77. The first-order chi connectivity index (χ1) is 15.2. The van der Waals surface area contributed by atoms with Crippen molar-refractivity contribution in [1.29, 1.82) is 0 Å². The number of hydrazine groups is 2. The normalized spacial score (nSPS) is 10.6. The van der Waals surface area contributed by atoms with E-state index in [9.17, 15) is 4.79 Å². The van der Waals surface area contributed by atoms with Gasteiger partial charge in [-0.25, -0.2) is 21.5 Å². The van der Waals surface area contributed by atoms with E-state index in [2.05, 4.69) is 38.1 Å². The molecular weight excluding hydrogens is 404 g/mol. The maximum Gasteiger partial charge on any atom is 0.352 e. The first-order valence-corrected chi connectivity index (χ1v) is 10.3. The molecule has 168 valence electrons. The molecular formula is C25H30N4O3. The second-order valence-corrected chi connectivity index (χ2v) is 7.81. The molecule has 3 aromatic rings. The Balaban J connectivity index is 1.87. The molecule has 0 unspecified atom stereocenters. The van der Waals surface area contributed by atoms with E-state index in [-0.39, 0.29) is 6.61 Å². The van der Waals surface area contributed by atoms with Gasteiger partial charge in [-0.05, 0) is 67.3 Å². The highest BCUT2D eigenvalue weighted by atomic mass is 16.5. The van der Waals surface area contributed by atoms with E-state index in [1.54, 1.807) is 25.3 Å². The summed E-state index contributed by atoms with van der Waals surface area (Å²) in [6.45, 7) is 6.38. The van der Waals surface area contributed by atoms with Crippen LogP contribution in [0.4, 0.5) is 10.5 Å². The van der Waals surface area contributed by atoms with Crippen molar-refractivity contribution in [2.24, 2.45) is 11.7 Å². The van der Waals surface area contributed by atoms with E-state index >= 15 is 0 Å². The van der Waals surface area contributed by atoms with Crippen molar-refractivity contribution in [1.82, 2.24) is 5.01 Å². The zero-order valence-corrected chi connectivity index (χ0v) is 19.2. The van der Waals surface area contributed by atoms with Gasteiger partial charge in [-0.15, -0.1) is 0 Å². The predicted octanol–water partition coefficient (Wildman–Crippen LogP) is 4.47. The third-order valence-corrected chi connectivity index (χ3v) is 5.34. The number of hydrogen-bond donors (Lipinski definition) is 2. The average molecular weight is 435 g/mol. The molecule has 7 heteroatoms. The maximum atomic E-state index is 12.3. The van der Waals surface area contributed by atoms with Crippen molar-refractivity contribution in [3.05, 3.63) is 76.9 Å². The highest BCUT2D eigenvalue weighted by Crippen LogP contribution is 2.32. The lowest BCUT2D eigenvalue weighted by molar-refractivity contribution is 0.216. The van der Waals surface area contributed by atoms with Crippen LogP contribution in [0.5, 0.6) is 11.5 Å². The van der Waals surface area contributed by atoms with Crippen LogP contribution in [-0.4, -0.2) is 25.2 Å². The summed E-state index contributed by atoms with van der Waals surface area (Å²) in [5.74, 6) is 12.9. The highest BCUT2D eigenvalue weighted by Gasteiger charge is 2.20. The maximum absolute atomic E-state index is 12.3. The molecule has 32 heavy (non-hydrogen) atoms. The largest absolute Gasteiger partial charge is 0.496 e. The number of hydrogen-bond acceptors (Lipinski definition) is 5. The van der Waals surface area contributed by atoms with Crippen molar-refractivity contribution in [3.63, 3.8) is 0 Å². The summed E-state index contributed by atoms with van der Waals surface area (Å²) in [6, 6.07) is 17.3. The van der Waals surface area contributed by atoms with Crippen LogP contribution in [-0.2, 0) is 6.61 Å². The molecule has 0 aromatic heterocycles. The van der Waals surface area contributed by atoms with Gasteiger partial charge in [-0.2, -0.15) is 0 Å². The zero-order chi connectivity index (χ0) is 23.4. The SMILES string of the molecule is COc1cccc(N(N)C(=O)N(C)N)c1COc1ccc(-c2ccc(C)cc2C)cc1C. The third-order valence-electron chi connectivity index (χ3n) is 5.34. The van der Waals surface area contributed by atoms with E-state index in [1.165, 1.54) is 23.7 Å². The number of aryl methyl sites for hydroxylation is 3. The fourth-order valence-corrected chi connectivity index (χ4v) is 3.66. The second kappa shape index (κ2) is 9.72. The van der Waals surface area contributed by atoms with Gasteiger partial charge in [0.15, 0.2) is 0 Å². The van der Waals surface area contributed by atoms with Crippen LogP contribution >= 0.6 is 0 Å². The Morgan fingerprint density at radius 2 is 1.69 bits per heavy atom. The first kappa shape index (κ1) is 23.1. The topological polar surface area (TPSA) is 94.1 Å². The minimum atomic E-state index is -0.562. The number of carbonyl (C=O) groups excluding carboxylic acids is 1. The summed E-state index contributed by atoms with van der Waals surface area (Å²) in [6.07, 6.45) is 0. The van der Waals surface area contributed by atoms with Crippen LogP contribution in [0.25, 0.3) is 11.1 Å². The summed E-state index contributed by atoms with van der Waals surface area (Å²) in [5.41, 5.74) is 6.90. The number of amides is 2. The minimum absolute atomic E-state index is 0.165. The molecule has 4 N–H and O–H groups in total. The van der Waals surface area contributed by atoms with Crippen molar-refractivity contribution in [2.75, 3.05) is 19.2 Å². The number of methoxy groups -OCH3 is 1. The van der Waals surface area contributed by atoms with Crippen LogP contribution in [0, 0.1) is 20.8 Å². The standard InChI is InChI=1S/C25H30N4O3/c1-16-9-11-20(17(2)13-16)19-10-12-23(18(3)14-19)32-15-21-22(7-6-8-24(21)31-5)29(27)25(30)28(4)26/h6-14H,15,26-27H2,1-5H3. The van der Waals surface area contributed by atoms with Gasteiger partial charge in [0.2, 0.25) is 0 Å². The van der Waals surface area contributed by atoms with Gasteiger partial charge >= 0.3 is 6.03 Å². The number of nitrogens with two attached hydrogens (primary N) is 2. The minimum Gasteiger partial charge on any atom is -0.496 e. The lowest BCUT2D eigenvalue weighted by Crippen LogP contribution is -2.49. The number of benzene rings is 3. The van der Waals surface area contributed by atoms with Crippen LogP contribution in [0.15, 0.2) is 54.6 Å². The van der Waals surface area contributed by atoms with E-state index in [1.807, 2.05) is 19.1 Å². The van der Waals surface area contributed by atoms with Crippen LogP contribution in [0.1, 0.15) is 22.3 Å². The summed E-state index contributed by atoms with van der Waals surface area (Å²) >= 11 is 0. The van der Waals surface area contributed by atoms with Gasteiger partial charge in [0, 0.05) is 7.05 Å². The van der Waals surface area contributed by atoms with Crippen molar-refractivity contribution in [2.45, 2.75) is 27.4 Å². The van der Waals surface area contributed by atoms with Gasteiger partial charge < -0.3 is 9.47 Å². The first-order valence-electron chi connectivity index (χ1n) is 10.3. The van der Waals surface area contributed by atoms with Crippen molar-refractivity contribution in [3.8, 4) is 22.6 Å². The molecule has 0 aliphatic rings. The Morgan fingerprint density at radius 1 is 0.938 bits per heavy atom. The number of urea groups is 1. The Kier molecular flexibility index (Phi) is 7.02. The predicted molar refractivity (Wildman–Crippen MR) is 127 cm³/mol. The molecule has 0 bridgehead atoms. The molecule has 0 aliphatic carbocycles. The van der Waals surface area contributed by atoms with Crippen LogP contribution < -0.4 is 26.2 Å². The van der Waals surface area contributed by atoms with Crippen molar-refractivity contribution < 1.29 is 14.3 Å². The Bertz CT molecular complexity index is 1130. The van der Waals surface area contributed by atoms with Crippen molar-refractivity contribution >= 4 is 11.7 Å². The lowest BCUT2D eigenvalue weighted by atomic mass is 9.97. The molecule has 3 aromatic carbocycles. The smallest absolute Gasteiger partial charge is 0.352 e. The van der Waals surface area contributed by atoms with E-state index in [0.717, 1.165) is 26.9 Å². The molecule has 0 heterocycles. The number of rotatable bonds is 6. The second-order valence-electron chi connectivity index (χ2n) is 7.81. The molecule has 0 saturated heterocycles. The van der Waals surface area contributed by atoms with E-state index < -0.39 is 6.03 Å². The van der Waals surface area contributed by atoms with E-state index in [4.69, 9.17) is 21.2 Å². The summed E-state index contributed by atoms with van der Waals surface area (Å²) < 4.78 is 11.6. The molecule has 0 atom stereocenters. The Morgan fingerprint density at radius 3 is 2.31 bits per heavy atom. The Labute approximate surface area is 189 Å². The summed E-state index contributed by atoms with van der Waals surface area (Å²) in [4.78, 5) is 12.3. The van der Waals surface area contributed by atoms with Gasteiger partial charge in [0.1, 0.15) is 18.1 Å². The van der Waals surface area contributed by atoms with Gasteiger partial charge in [0.25, 0.3) is 0 Å². The number of anilines is 1. The number of carbonyl (C=O) groups is 1. The summed E-state index contributed by atoms with van der Waals surface area (Å²) in [5, 5.41) is 1.90. The zero-order valence-electron chi connectivity index (χ0n) is 19.2. The Hall–Kier alpha value is -3.55.